The van der Waals surface area contributed by atoms with Crippen molar-refractivity contribution >= 4 is 5.91 Å². The number of hydrogen-bond donors (Lipinski definition) is 4. The largest absolute Gasteiger partial charge is 0.394 e. The number of nitrogens with one attached hydrogen (secondary N) is 1. The summed E-state index contributed by atoms with van der Waals surface area (Å²) in [5.74, 6) is -0.366. The Morgan fingerprint density at radius 1 is 1.39 bits per heavy atom. The average molecular weight is 263 g/mol. The monoisotopic (exact) mass is 263 g/mol. The summed E-state index contributed by atoms with van der Waals surface area (Å²) >= 11 is 0. The maximum atomic E-state index is 11.1. The summed E-state index contributed by atoms with van der Waals surface area (Å²) in [7, 11) is 0. The van der Waals surface area contributed by atoms with Crippen molar-refractivity contribution in [3.63, 3.8) is 0 Å². The number of ether oxygens (including phenoxy) is 2. The highest BCUT2D eigenvalue weighted by Crippen LogP contribution is 2.22. The molecule has 0 aromatic rings. The number of carbonyl (C=O) groups excluding carboxylic acids is 1. The Kier molecular flexibility index (Phi) is 5.48. The van der Waals surface area contributed by atoms with Crippen LogP contribution in [0.15, 0.2) is 0 Å². The molecule has 5 atom stereocenters. The molecule has 0 spiro atoms. The number of hydrogen-bond acceptors (Lipinski definition) is 6. The van der Waals surface area contributed by atoms with Gasteiger partial charge in [-0.25, -0.2) is 0 Å². The first-order chi connectivity index (χ1) is 8.36. The van der Waals surface area contributed by atoms with Gasteiger partial charge in [0.1, 0.15) is 24.4 Å². The van der Waals surface area contributed by atoms with Gasteiger partial charge in [-0.05, 0) is 13.8 Å². The maximum Gasteiger partial charge on any atom is 0.217 e. The van der Waals surface area contributed by atoms with E-state index in [0.717, 1.165) is 0 Å². The Hall–Kier alpha value is -0.730. The van der Waals surface area contributed by atoms with Crippen LogP contribution in [0.5, 0.6) is 0 Å². The van der Waals surface area contributed by atoms with E-state index in [1.807, 2.05) is 0 Å². The van der Waals surface area contributed by atoms with Crippen molar-refractivity contribution in [2.24, 2.45) is 0 Å². The average Bonchev–Trinajstić information content (AvgIpc) is 2.27. The first kappa shape index (κ1) is 15.3. The molecule has 0 radical (unpaired) electrons. The van der Waals surface area contributed by atoms with Gasteiger partial charge in [0.15, 0.2) is 6.29 Å². The van der Waals surface area contributed by atoms with Crippen LogP contribution >= 0.6 is 0 Å². The van der Waals surface area contributed by atoms with Crippen LogP contribution in [0.2, 0.25) is 0 Å². The highest BCUT2D eigenvalue weighted by atomic mass is 16.7. The van der Waals surface area contributed by atoms with Crippen molar-refractivity contribution in [1.29, 1.82) is 0 Å². The summed E-state index contributed by atoms with van der Waals surface area (Å²) in [5, 5.41) is 31.2. The predicted octanol–water partition coefficient (Wildman–Crippen LogP) is -1.64. The van der Waals surface area contributed by atoms with Crippen LogP contribution in [0.1, 0.15) is 20.8 Å². The Morgan fingerprint density at radius 2 is 2.00 bits per heavy atom. The molecule has 7 heteroatoms. The van der Waals surface area contributed by atoms with Crippen LogP contribution in [-0.2, 0) is 14.3 Å². The van der Waals surface area contributed by atoms with Crippen LogP contribution in [0.4, 0.5) is 0 Å². The Bertz CT molecular complexity index is 285. The number of rotatable bonds is 4. The Balaban J connectivity index is 2.83. The lowest BCUT2D eigenvalue weighted by Gasteiger charge is -2.42. The molecule has 106 valence electrons. The second kappa shape index (κ2) is 6.44. The van der Waals surface area contributed by atoms with Gasteiger partial charge in [-0.3, -0.25) is 4.79 Å². The lowest BCUT2D eigenvalue weighted by molar-refractivity contribution is -0.278. The molecular weight excluding hydrogens is 242 g/mol. The summed E-state index contributed by atoms with van der Waals surface area (Å²) in [4.78, 5) is 11.1. The van der Waals surface area contributed by atoms with E-state index in [2.05, 4.69) is 5.32 Å². The molecule has 0 aromatic carbocycles. The lowest BCUT2D eigenvalue weighted by Crippen LogP contribution is -2.64. The summed E-state index contributed by atoms with van der Waals surface area (Å²) in [6.45, 7) is 4.41. The molecule has 1 saturated heterocycles. The third-order valence-electron chi connectivity index (χ3n) is 2.66. The molecule has 0 aliphatic carbocycles. The standard InChI is InChI=1S/C11H21NO6/c1-5(2)17-11-8(12-6(3)14)10(16)9(15)7(4-13)18-11/h5,7-11,13,15-16H,4H2,1-3H3,(H,12,14)/t7?,8-,9-,10+,11?/m0/s1. The second-order valence-corrected chi connectivity index (χ2v) is 4.62. The van der Waals surface area contributed by atoms with Gasteiger partial charge in [0.05, 0.1) is 12.7 Å². The second-order valence-electron chi connectivity index (χ2n) is 4.62. The van der Waals surface area contributed by atoms with E-state index in [9.17, 15) is 15.0 Å². The Labute approximate surface area is 106 Å². The third-order valence-corrected chi connectivity index (χ3v) is 2.66. The molecule has 4 N–H and O–H groups in total. The molecule has 1 rings (SSSR count). The van der Waals surface area contributed by atoms with E-state index in [1.54, 1.807) is 13.8 Å². The number of aliphatic hydroxyl groups is 3. The minimum absolute atomic E-state index is 0.187. The van der Waals surface area contributed by atoms with Crippen LogP contribution in [-0.4, -0.2) is 64.6 Å². The summed E-state index contributed by atoms with van der Waals surface area (Å²) in [6, 6.07) is -0.873. The molecule has 1 amide bonds. The smallest absolute Gasteiger partial charge is 0.217 e. The molecule has 7 nitrogen and oxygen atoms in total. The maximum absolute atomic E-state index is 11.1. The van der Waals surface area contributed by atoms with Gasteiger partial charge in [-0.2, -0.15) is 0 Å². The van der Waals surface area contributed by atoms with Gasteiger partial charge in [0, 0.05) is 6.92 Å². The van der Waals surface area contributed by atoms with Gasteiger partial charge in [-0.15, -0.1) is 0 Å². The predicted molar refractivity (Wildman–Crippen MR) is 61.6 cm³/mol. The zero-order valence-corrected chi connectivity index (χ0v) is 10.7. The zero-order valence-electron chi connectivity index (χ0n) is 10.7. The molecule has 1 aliphatic heterocycles. The SMILES string of the molecule is CC(=O)N[C@@H]1C(OC(C)C)OC(CO)[C@H](O)[C@@H]1O. The van der Waals surface area contributed by atoms with E-state index in [1.165, 1.54) is 6.92 Å². The van der Waals surface area contributed by atoms with E-state index < -0.39 is 37.3 Å². The number of aliphatic hydroxyl groups excluding tert-OH is 3. The normalized spacial score (nSPS) is 36.7. The van der Waals surface area contributed by atoms with Crippen LogP contribution < -0.4 is 5.32 Å². The van der Waals surface area contributed by atoms with Gasteiger partial charge in [-0.1, -0.05) is 0 Å². The zero-order chi connectivity index (χ0) is 13.9. The summed E-state index contributed by atoms with van der Waals surface area (Å²) < 4.78 is 10.8. The fourth-order valence-corrected chi connectivity index (χ4v) is 1.85. The quantitative estimate of drug-likeness (QED) is 0.484. The number of carbonyl (C=O) groups is 1. The van der Waals surface area contributed by atoms with Gasteiger partial charge in [0.25, 0.3) is 0 Å². The van der Waals surface area contributed by atoms with E-state index >= 15 is 0 Å². The molecule has 18 heavy (non-hydrogen) atoms. The topological polar surface area (TPSA) is 108 Å². The van der Waals surface area contributed by atoms with Crippen molar-refractivity contribution in [1.82, 2.24) is 5.32 Å². The van der Waals surface area contributed by atoms with Crippen LogP contribution in [0.3, 0.4) is 0 Å². The molecule has 1 heterocycles. The van der Waals surface area contributed by atoms with Gasteiger partial charge >= 0.3 is 0 Å². The fourth-order valence-electron chi connectivity index (χ4n) is 1.85. The molecule has 0 aromatic heterocycles. The highest BCUT2D eigenvalue weighted by Gasteiger charge is 2.45. The first-order valence-corrected chi connectivity index (χ1v) is 5.91. The van der Waals surface area contributed by atoms with E-state index in [0.29, 0.717) is 0 Å². The van der Waals surface area contributed by atoms with Gasteiger partial charge < -0.3 is 30.1 Å². The van der Waals surface area contributed by atoms with Crippen molar-refractivity contribution in [2.45, 2.75) is 57.5 Å². The minimum Gasteiger partial charge on any atom is -0.394 e. The summed E-state index contributed by atoms with van der Waals surface area (Å²) in [5.41, 5.74) is 0. The van der Waals surface area contributed by atoms with Crippen molar-refractivity contribution < 1.29 is 29.6 Å². The molecule has 2 unspecified atom stereocenters. The number of amides is 1. The molecule has 1 aliphatic rings. The molecule has 0 bridgehead atoms. The lowest BCUT2D eigenvalue weighted by atomic mass is 9.97. The highest BCUT2D eigenvalue weighted by molar-refractivity contribution is 5.73. The summed E-state index contributed by atoms with van der Waals surface area (Å²) in [6.07, 6.45) is -4.58. The van der Waals surface area contributed by atoms with Crippen LogP contribution in [0.25, 0.3) is 0 Å². The molecule has 0 saturated carbocycles. The third kappa shape index (κ3) is 3.63. The molecule has 1 fully saturated rings. The first-order valence-electron chi connectivity index (χ1n) is 5.91. The molecular formula is C11H21NO6. The van der Waals surface area contributed by atoms with Crippen molar-refractivity contribution in [2.75, 3.05) is 6.61 Å². The van der Waals surface area contributed by atoms with E-state index in [-0.39, 0.29) is 12.0 Å². The van der Waals surface area contributed by atoms with Crippen LogP contribution in [0, 0.1) is 0 Å². The van der Waals surface area contributed by atoms with E-state index in [4.69, 9.17) is 14.6 Å². The van der Waals surface area contributed by atoms with Crippen molar-refractivity contribution in [3.05, 3.63) is 0 Å². The van der Waals surface area contributed by atoms with Gasteiger partial charge in [0.2, 0.25) is 5.91 Å². The Morgan fingerprint density at radius 3 is 2.44 bits per heavy atom. The van der Waals surface area contributed by atoms with Crippen molar-refractivity contribution in [3.8, 4) is 0 Å². The fraction of sp³-hybridized carbons (Fsp3) is 0.909. The minimum atomic E-state index is -1.28.